The molecule has 0 aromatic heterocycles. The quantitative estimate of drug-likeness (QED) is 0.739. The molecule has 0 radical (unpaired) electrons. The Labute approximate surface area is 120 Å². The molecule has 0 heterocycles. The molecular formula is C16H23NO3. The van der Waals surface area contributed by atoms with Crippen LogP contribution in [-0.2, 0) is 19.8 Å². The molecule has 1 aromatic rings. The highest BCUT2D eigenvalue weighted by molar-refractivity contribution is 5.82. The lowest BCUT2D eigenvalue weighted by Gasteiger charge is -2.32. The lowest BCUT2D eigenvalue weighted by atomic mass is 9.90. The van der Waals surface area contributed by atoms with Gasteiger partial charge in [0, 0.05) is 6.61 Å². The van der Waals surface area contributed by atoms with Crippen LogP contribution in [0.5, 0.6) is 0 Å². The van der Waals surface area contributed by atoms with Gasteiger partial charge in [0.1, 0.15) is 0 Å². The highest BCUT2D eigenvalue weighted by atomic mass is 16.5. The van der Waals surface area contributed by atoms with Gasteiger partial charge in [-0.1, -0.05) is 37.3 Å². The summed E-state index contributed by atoms with van der Waals surface area (Å²) in [6.45, 7) is 3.66. The largest absolute Gasteiger partial charge is 0.467 e. The minimum atomic E-state index is -0.917. The molecule has 1 saturated carbocycles. The van der Waals surface area contributed by atoms with E-state index in [1.165, 1.54) is 20.0 Å². The second-order valence-corrected chi connectivity index (χ2v) is 5.25. The van der Waals surface area contributed by atoms with Crippen LogP contribution in [0.2, 0.25) is 0 Å². The summed E-state index contributed by atoms with van der Waals surface area (Å²) >= 11 is 0. The zero-order valence-electron chi connectivity index (χ0n) is 12.2. The summed E-state index contributed by atoms with van der Waals surface area (Å²) in [5.41, 5.74) is -0.0379. The van der Waals surface area contributed by atoms with Crippen LogP contribution < -0.4 is 5.32 Å². The zero-order valence-corrected chi connectivity index (χ0v) is 12.2. The van der Waals surface area contributed by atoms with Crippen molar-refractivity contribution in [1.29, 1.82) is 0 Å². The van der Waals surface area contributed by atoms with E-state index in [1.807, 2.05) is 37.3 Å². The molecule has 110 valence electrons. The molecule has 1 unspecified atom stereocenters. The second kappa shape index (κ2) is 6.86. The number of carbonyl (C=O) groups excluding carboxylic acids is 1. The van der Waals surface area contributed by atoms with Crippen molar-refractivity contribution in [3.63, 3.8) is 0 Å². The van der Waals surface area contributed by atoms with E-state index in [0.717, 1.165) is 12.2 Å². The Balaban J connectivity index is 2.20. The molecular weight excluding hydrogens is 254 g/mol. The van der Waals surface area contributed by atoms with Crippen molar-refractivity contribution >= 4 is 5.97 Å². The van der Waals surface area contributed by atoms with Gasteiger partial charge in [-0.05, 0) is 30.9 Å². The van der Waals surface area contributed by atoms with Gasteiger partial charge in [0.05, 0.1) is 13.7 Å². The Morgan fingerprint density at radius 1 is 1.35 bits per heavy atom. The number of esters is 1. The summed E-state index contributed by atoms with van der Waals surface area (Å²) in [7, 11) is 1.41. The maximum Gasteiger partial charge on any atom is 0.333 e. The number of benzene rings is 1. The van der Waals surface area contributed by atoms with E-state index in [2.05, 4.69) is 5.32 Å². The van der Waals surface area contributed by atoms with Crippen molar-refractivity contribution in [2.75, 3.05) is 26.9 Å². The average molecular weight is 277 g/mol. The van der Waals surface area contributed by atoms with E-state index in [9.17, 15) is 4.79 Å². The molecule has 1 atom stereocenters. The molecule has 1 fully saturated rings. The summed E-state index contributed by atoms with van der Waals surface area (Å²) < 4.78 is 10.8. The lowest BCUT2D eigenvalue weighted by molar-refractivity contribution is -0.152. The van der Waals surface area contributed by atoms with E-state index < -0.39 is 5.54 Å². The minimum Gasteiger partial charge on any atom is -0.467 e. The van der Waals surface area contributed by atoms with Crippen molar-refractivity contribution in [2.45, 2.75) is 25.3 Å². The van der Waals surface area contributed by atoms with Crippen molar-refractivity contribution < 1.29 is 14.3 Å². The fourth-order valence-corrected chi connectivity index (χ4v) is 2.35. The third kappa shape index (κ3) is 3.38. The van der Waals surface area contributed by atoms with Crippen LogP contribution in [0, 0.1) is 5.92 Å². The number of rotatable bonds is 8. The molecule has 0 saturated heterocycles. The van der Waals surface area contributed by atoms with Crippen molar-refractivity contribution in [3.05, 3.63) is 35.9 Å². The second-order valence-electron chi connectivity index (χ2n) is 5.25. The van der Waals surface area contributed by atoms with E-state index in [0.29, 0.717) is 19.1 Å². The van der Waals surface area contributed by atoms with Crippen molar-refractivity contribution in [3.8, 4) is 0 Å². The number of likely N-dealkylation sites (N-methyl/N-ethyl adjacent to an activating group) is 1. The fourth-order valence-electron chi connectivity index (χ4n) is 2.35. The molecule has 1 aromatic carbocycles. The third-order valence-electron chi connectivity index (χ3n) is 3.65. The van der Waals surface area contributed by atoms with Gasteiger partial charge >= 0.3 is 5.97 Å². The van der Waals surface area contributed by atoms with E-state index in [1.54, 1.807) is 0 Å². The highest BCUT2D eigenvalue weighted by Gasteiger charge is 2.41. The molecule has 2 rings (SSSR count). The number of carbonyl (C=O) groups is 1. The van der Waals surface area contributed by atoms with Gasteiger partial charge in [0.2, 0.25) is 0 Å². The molecule has 4 nitrogen and oxygen atoms in total. The van der Waals surface area contributed by atoms with Gasteiger partial charge in [-0.3, -0.25) is 5.32 Å². The van der Waals surface area contributed by atoms with E-state index in [-0.39, 0.29) is 5.97 Å². The van der Waals surface area contributed by atoms with Crippen molar-refractivity contribution in [2.24, 2.45) is 5.92 Å². The maximum absolute atomic E-state index is 12.4. The maximum atomic E-state index is 12.4. The smallest absolute Gasteiger partial charge is 0.333 e. The first-order chi connectivity index (χ1) is 9.73. The third-order valence-corrected chi connectivity index (χ3v) is 3.65. The predicted molar refractivity (Wildman–Crippen MR) is 77.4 cm³/mol. The zero-order chi connectivity index (χ0) is 14.4. The highest BCUT2D eigenvalue weighted by Crippen LogP contribution is 2.30. The number of nitrogens with one attached hydrogen (secondary N) is 1. The van der Waals surface area contributed by atoms with Crippen molar-refractivity contribution in [1.82, 2.24) is 5.32 Å². The average Bonchev–Trinajstić information content (AvgIpc) is 3.30. The standard InChI is InChI=1S/C16H23NO3/c1-3-17-16(15(18)19-2,12-20-11-13-9-10-13)14-7-5-4-6-8-14/h4-8,13,17H,3,9-12H2,1-2H3. The predicted octanol–water partition coefficient (Wildman–Crippen LogP) is 2.09. The van der Waals surface area contributed by atoms with Gasteiger partial charge in [-0.2, -0.15) is 0 Å². The Kier molecular flexibility index (Phi) is 5.15. The molecule has 0 amide bonds. The number of methoxy groups -OCH3 is 1. The van der Waals surface area contributed by atoms with Crippen LogP contribution in [0.15, 0.2) is 30.3 Å². The topological polar surface area (TPSA) is 47.6 Å². The van der Waals surface area contributed by atoms with Gasteiger partial charge in [-0.25, -0.2) is 4.79 Å². The first-order valence-corrected chi connectivity index (χ1v) is 7.19. The number of hydrogen-bond acceptors (Lipinski definition) is 4. The summed E-state index contributed by atoms with van der Waals surface area (Å²) in [6, 6.07) is 9.64. The monoisotopic (exact) mass is 277 g/mol. The van der Waals surface area contributed by atoms with Crippen LogP contribution in [0.1, 0.15) is 25.3 Å². The molecule has 0 bridgehead atoms. The first-order valence-electron chi connectivity index (χ1n) is 7.19. The molecule has 1 aliphatic carbocycles. The fraction of sp³-hybridized carbons (Fsp3) is 0.562. The van der Waals surface area contributed by atoms with Gasteiger partial charge in [-0.15, -0.1) is 0 Å². The number of hydrogen-bond donors (Lipinski definition) is 1. The van der Waals surface area contributed by atoms with Crippen LogP contribution >= 0.6 is 0 Å². The van der Waals surface area contributed by atoms with E-state index >= 15 is 0 Å². The summed E-state index contributed by atoms with van der Waals surface area (Å²) in [5, 5.41) is 3.26. The summed E-state index contributed by atoms with van der Waals surface area (Å²) in [6.07, 6.45) is 2.47. The lowest BCUT2D eigenvalue weighted by Crippen LogP contribution is -2.53. The van der Waals surface area contributed by atoms with Gasteiger partial charge in [0.25, 0.3) is 0 Å². The van der Waals surface area contributed by atoms with E-state index in [4.69, 9.17) is 9.47 Å². The molecule has 0 spiro atoms. The minimum absolute atomic E-state index is 0.300. The molecule has 1 aliphatic rings. The van der Waals surface area contributed by atoms with Gasteiger partial charge in [0.15, 0.2) is 5.54 Å². The van der Waals surface area contributed by atoms with Crippen LogP contribution in [0.3, 0.4) is 0 Å². The normalized spacial score (nSPS) is 17.5. The Morgan fingerprint density at radius 3 is 2.60 bits per heavy atom. The Bertz CT molecular complexity index is 431. The SMILES string of the molecule is CCNC(COCC1CC1)(C(=O)OC)c1ccccc1. The first kappa shape index (κ1) is 15.0. The Hall–Kier alpha value is -1.39. The molecule has 4 heteroatoms. The molecule has 0 aliphatic heterocycles. The van der Waals surface area contributed by atoms with Crippen LogP contribution in [0.4, 0.5) is 0 Å². The summed E-state index contributed by atoms with van der Waals surface area (Å²) in [5.74, 6) is 0.365. The molecule has 20 heavy (non-hydrogen) atoms. The summed E-state index contributed by atoms with van der Waals surface area (Å²) in [4.78, 5) is 12.4. The molecule has 1 N–H and O–H groups in total. The van der Waals surface area contributed by atoms with Crippen LogP contribution in [0.25, 0.3) is 0 Å². The van der Waals surface area contributed by atoms with Gasteiger partial charge < -0.3 is 9.47 Å². The number of ether oxygens (including phenoxy) is 2. The van der Waals surface area contributed by atoms with Crippen LogP contribution in [-0.4, -0.2) is 32.8 Å². The Morgan fingerprint density at radius 2 is 2.05 bits per heavy atom.